The Balaban J connectivity index is 0. The van der Waals surface area contributed by atoms with E-state index >= 15 is 0 Å². The van der Waals surface area contributed by atoms with Crippen LogP contribution in [0.5, 0.6) is 0 Å². The highest BCUT2D eigenvalue weighted by molar-refractivity contribution is 5.27. The lowest BCUT2D eigenvalue weighted by atomic mass is 9.94. The molecule has 4 unspecified atom stereocenters. The van der Waals surface area contributed by atoms with Gasteiger partial charge in [-0.15, -0.1) is 0 Å². The van der Waals surface area contributed by atoms with E-state index in [1.165, 1.54) is 39.7 Å². The smallest absolute Gasteiger partial charge is 0.195 e. The number of rotatable bonds is 13. The van der Waals surface area contributed by atoms with Crippen LogP contribution in [0.25, 0.3) is 0 Å². The lowest BCUT2D eigenvalue weighted by Crippen LogP contribution is -2.29. The fourth-order valence-corrected chi connectivity index (χ4v) is 3.56. The van der Waals surface area contributed by atoms with Crippen LogP contribution < -0.4 is 0 Å². The molecule has 0 N–H and O–H groups in total. The summed E-state index contributed by atoms with van der Waals surface area (Å²) >= 11 is 0. The summed E-state index contributed by atoms with van der Waals surface area (Å²) in [6, 6.07) is 0. The van der Waals surface area contributed by atoms with E-state index in [9.17, 15) is 8.78 Å². The third-order valence-electron chi connectivity index (χ3n) is 6.11. The molecule has 5 heteroatoms. The van der Waals surface area contributed by atoms with Gasteiger partial charge in [0.1, 0.15) is 5.76 Å². The zero-order chi connectivity index (χ0) is 25.8. The first-order valence-corrected chi connectivity index (χ1v) is 13.3. The van der Waals surface area contributed by atoms with E-state index in [0.29, 0.717) is 24.2 Å². The molecule has 0 aliphatic carbocycles. The van der Waals surface area contributed by atoms with Gasteiger partial charge in [0.2, 0.25) is 0 Å². The summed E-state index contributed by atoms with van der Waals surface area (Å²) in [4.78, 5) is 0. The summed E-state index contributed by atoms with van der Waals surface area (Å²) in [5.41, 5.74) is 0.417. The fraction of sp³-hybridized carbons (Fsp3) is 0.857. The second-order valence-corrected chi connectivity index (χ2v) is 8.59. The number of hydrogen-bond donors (Lipinski definition) is 0. The Kier molecular flexibility index (Phi) is 22.4. The van der Waals surface area contributed by atoms with Crippen LogP contribution in [-0.2, 0) is 14.2 Å². The number of allylic oxidation sites excluding steroid dienone is 4. The molecular weight excluding hydrogens is 422 g/mol. The van der Waals surface area contributed by atoms with Crippen LogP contribution in [0, 0.1) is 11.8 Å². The quantitative estimate of drug-likeness (QED) is 0.150. The molecule has 1 aliphatic rings. The van der Waals surface area contributed by atoms with Gasteiger partial charge in [0, 0.05) is 5.92 Å². The molecule has 1 heterocycles. The second-order valence-electron chi connectivity index (χ2n) is 8.59. The summed E-state index contributed by atoms with van der Waals surface area (Å²) in [6.45, 7) is 18.8. The predicted octanol–water partition coefficient (Wildman–Crippen LogP) is 9.33. The highest BCUT2D eigenvalue weighted by Gasteiger charge is 2.22. The van der Waals surface area contributed by atoms with Crippen molar-refractivity contribution in [2.24, 2.45) is 11.8 Å². The molecule has 0 amide bonds. The van der Waals surface area contributed by atoms with Crippen molar-refractivity contribution in [3.63, 3.8) is 0 Å². The zero-order valence-electron chi connectivity index (χ0n) is 23.4. The van der Waals surface area contributed by atoms with Gasteiger partial charge in [-0.05, 0) is 64.4 Å². The van der Waals surface area contributed by atoms with Crippen molar-refractivity contribution in [2.75, 3.05) is 20.3 Å². The number of unbranched alkanes of at least 4 members (excludes halogenated alkanes) is 2. The number of hydrogen-bond acceptors (Lipinski definition) is 3. The normalized spacial score (nSPS) is 21.3. The van der Waals surface area contributed by atoms with Crippen LogP contribution in [0.3, 0.4) is 0 Å². The average Bonchev–Trinajstić information content (AvgIpc) is 2.87. The molecule has 0 aromatic carbocycles. The molecular formula is C28H54F2O3. The average molecular weight is 477 g/mol. The fourth-order valence-electron chi connectivity index (χ4n) is 3.56. The van der Waals surface area contributed by atoms with Gasteiger partial charge in [-0.1, -0.05) is 60.8 Å². The van der Waals surface area contributed by atoms with Gasteiger partial charge in [-0.25, -0.2) is 8.78 Å². The maximum Gasteiger partial charge on any atom is 0.195 e. The summed E-state index contributed by atoms with van der Waals surface area (Å²) in [5.74, 6) is -1.34. The van der Waals surface area contributed by atoms with Crippen molar-refractivity contribution in [3.8, 4) is 0 Å². The third kappa shape index (κ3) is 14.8. The van der Waals surface area contributed by atoms with E-state index < -0.39 is 11.7 Å². The predicted molar refractivity (Wildman–Crippen MR) is 138 cm³/mol. The molecule has 1 fully saturated rings. The van der Waals surface area contributed by atoms with E-state index in [1.54, 1.807) is 6.92 Å². The lowest BCUT2D eigenvalue weighted by molar-refractivity contribution is -0.0579. The van der Waals surface area contributed by atoms with E-state index in [0.717, 1.165) is 32.3 Å². The van der Waals surface area contributed by atoms with Gasteiger partial charge in [0.15, 0.2) is 11.7 Å². The summed E-state index contributed by atoms with van der Waals surface area (Å²) < 4.78 is 45.0. The van der Waals surface area contributed by atoms with Crippen LogP contribution >= 0.6 is 0 Å². The highest BCUT2D eigenvalue weighted by Crippen LogP contribution is 2.29. The Morgan fingerprint density at radius 2 is 1.61 bits per heavy atom. The summed E-state index contributed by atoms with van der Waals surface area (Å²) in [6.07, 6.45) is 9.36. The summed E-state index contributed by atoms with van der Waals surface area (Å²) in [5, 5.41) is 0. The van der Waals surface area contributed by atoms with E-state index in [1.807, 2.05) is 34.6 Å². The molecule has 0 bridgehead atoms. The molecule has 0 saturated carbocycles. The third-order valence-corrected chi connectivity index (χ3v) is 6.11. The molecule has 4 atom stereocenters. The van der Waals surface area contributed by atoms with Gasteiger partial charge in [0.25, 0.3) is 0 Å². The van der Waals surface area contributed by atoms with Crippen LogP contribution in [0.1, 0.15) is 114 Å². The Morgan fingerprint density at radius 3 is 2.12 bits per heavy atom. The molecule has 0 aromatic rings. The van der Waals surface area contributed by atoms with Gasteiger partial charge < -0.3 is 14.2 Å². The summed E-state index contributed by atoms with van der Waals surface area (Å²) in [7, 11) is 1.34. The molecule has 1 saturated heterocycles. The maximum absolute atomic E-state index is 14.2. The molecule has 1 aliphatic heterocycles. The van der Waals surface area contributed by atoms with Gasteiger partial charge in [-0.2, -0.15) is 0 Å². The molecule has 0 aromatic heterocycles. The Bertz CT molecular complexity index is 523. The van der Waals surface area contributed by atoms with Gasteiger partial charge in [0.05, 0.1) is 32.5 Å². The Labute approximate surface area is 204 Å². The molecule has 198 valence electrons. The van der Waals surface area contributed by atoms with Crippen molar-refractivity contribution in [1.29, 1.82) is 0 Å². The largest absolute Gasteiger partial charge is 0.498 e. The van der Waals surface area contributed by atoms with Crippen LogP contribution in [0.4, 0.5) is 8.78 Å². The molecule has 33 heavy (non-hydrogen) atoms. The van der Waals surface area contributed by atoms with E-state index in [4.69, 9.17) is 14.2 Å². The van der Waals surface area contributed by atoms with Gasteiger partial charge >= 0.3 is 0 Å². The van der Waals surface area contributed by atoms with E-state index in [-0.39, 0.29) is 17.8 Å². The Hall–Kier alpha value is -0.940. The first-order valence-electron chi connectivity index (χ1n) is 13.3. The van der Waals surface area contributed by atoms with Crippen molar-refractivity contribution in [3.05, 3.63) is 23.0 Å². The Morgan fingerprint density at radius 1 is 0.970 bits per heavy atom. The second kappa shape index (κ2) is 21.6. The highest BCUT2D eigenvalue weighted by atomic mass is 19.2. The number of ether oxygens (including phenoxy) is 3. The van der Waals surface area contributed by atoms with Crippen LogP contribution in [0.15, 0.2) is 23.0 Å². The van der Waals surface area contributed by atoms with Crippen molar-refractivity contribution in [1.82, 2.24) is 0 Å². The zero-order valence-corrected chi connectivity index (χ0v) is 23.4. The molecule has 0 spiro atoms. The standard InChI is InChI=1S/C24H42F2O3.2C2H6/c1-7-8-9-10-22-14-13-21(16-29-22)15-28-18(3)12-11-17(2)19(4)23(25)24(26)20(5)27-6;2*1-2/h17-18,21-22H,7-16H2,1-6H3;2*1-2H3/b23-19-,24-20-;;. The van der Waals surface area contributed by atoms with Crippen molar-refractivity contribution < 1.29 is 23.0 Å². The topological polar surface area (TPSA) is 27.7 Å². The van der Waals surface area contributed by atoms with Crippen LogP contribution in [-0.4, -0.2) is 32.5 Å². The maximum atomic E-state index is 14.2. The monoisotopic (exact) mass is 476 g/mol. The lowest BCUT2D eigenvalue weighted by Gasteiger charge is -2.30. The minimum absolute atomic E-state index is 0.0342. The van der Waals surface area contributed by atoms with Crippen molar-refractivity contribution >= 4 is 0 Å². The van der Waals surface area contributed by atoms with E-state index in [2.05, 4.69) is 13.8 Å². The molecule has 3 nitrogen and oxygen atoms in total. The first-order chi connectivity index (χ1) is 15.8. The van der Waals surface area contributed by atoms with Gasteiger partial charge in [-0.3, -0.25) is 0 Å². The minimum Gasteiger partial charge on any atom is -0.498 e. The van der Waals surface area contributed by atoms with Crippen molar-refractivity contribution in [2.45, 2.75) is 126 Å². The SMILES string of the molecule is CC.CC.CCCCCC1CCC(COC(C)CCC(C)/C(C)=C(F)/C(F)=C(\C)OC)CO1. The molecule has 1 rings (SSSR count). The minimum atomic E-state index is -0.911. The number of methoxy groups -OCH3 is 1. The molecule has 0 radical (unpaired) electrons. The number of halogens is 2. The van der Waals surface area contributed by atoms with Crippen LogP contribution in [0.2, 0.25) is 0 Å². The first kappa shape index (κ1) is 34.2.